The second kappa shape index (κ2) is 23.7. The molecule has 7 rings (SSSR count). The fourth-order valence-corrected chi connectivity index (χ4v) is 8.30. The van der Waals surface area contributed by atoms with Gasteiger partial charge in [-0.1, -0.05) is 41.2 Å². The Bertz CT molecular complexity index is 2850. The van der Waals surface area contributed by atoms with Gasteiger partial charge in [-0.15, -0.1) is 0 Å². The summed E-state index contributed by atoms with van der Waals surface area (Å²) in [5.41, 5.74) is 7.18. The molecule has 0 saturated heterocycles. The van der Waals surface area contributed by atoms with Gasteiger partial charge in [0.05, 0.1) is 22.4 Å². The predicted octanol–water partition coefficient (Wildman–Crippen LogP) is 7.98. The molecule has 68 heavy (non-hydrogen) atoms. The number of hydrogen-bond acceptors (Lipinski definition) is 16. The number of ketones is 2. The van der Waals surface area contributed by atoms with E-state index < -0.39 is 9.85 Å². The third-order valence-electron chi connectivity index (χ3n) is 10.6. The zero-order valence-corrected chi connectivity index (χ0v) is 41.4. The van der Waals surface area contributed by atoms with E-state index in [1.54, 1.807) is 21.0 Å². The predicted molar refractivity (Wildman–Crippen MR) is 259 cm³/mol. The number of rotatable bonds is 11. The number of benzene rings is 2. The number of aliphatic hydroxyl groups is 2. The molecular formula is C45H46ClCoN10O9S2-. The van der Waals surface area contributed by atoms with Gasteiger partial charge in [0.15, 0.2) is 17.3 Å². The van der Waals surface area contributed by atoms with E-state index in [9.17, 15) is 40.0 Å². The molecule has 2 N–H and O–H groups in total. The maximum atomic E-state index is 11.1. The molecule has 2 aromatic carbocycles. The molecule has 0 bridgehead atoms. The monoisotopic (exact) mass is 1030 g/mol. The third-order valence-corrected chi connectivity index (χ3v) is 12.5. The van der Waals surface area contributed by atoms with Crippen molar-refractivity contribution in [2.75, 3.05) is 32.1 Å². The van der Waals surface area contributed by atoms with Gasteiger partial charge in [-0.05, 0) is 94.7 Å². The summed E-state index contributed by atoms with van der Waals surface area (Å²) in [5, 5.41) is 55.4. The fourth-order valence-electron chi connectivity index (χ4n) is 7.02. The van der Waals surface area contributed by atoms with Crippen LogP contribution in [0.4, 0.5) is 21.4 Å². The summed E-state index contributed by atoms with van der Waals surface area (Å²) in [6.45, 7) is 14.0. The summed E-state index contributed by atoms with van der Waals surface area (Å²) in [7, 11) is 3.87. The van der Waals surface area contributed by atoms with E-state index in [-0.39, 0.29) is 76.3 Å². The molecule has 3 aliphatic rings. The van der Waals surface area contributed by atoms with E-state index in [0.717, 1.165) is 83.1 Å². The molecule has 1 radical (unpaired) electrons. The first-order valence-electron chi connectivity index (χ1n) is 20.4. The average molecular weight is 1030 g/mol. The Labute approximate surface area is 413 Å². The van der Waals surface area contributed by atoms with Crippen LogP contribution in [0.25, 0.3) is 6.08 Å². The Hall–Kier alpha value is -6.85. The summed E-state index contributed by atoms with van der Waals surface area (Å²) in [6, 6.07) is 12.6. The van der Waals surface area contributed by atoms with Gasteiger partial charge in [0.1, 0.15) is 35.7 Å². The van der Waals surface area contributed by atoms with Gasteiger partial charge in [-0.2, -0.15) is 4.58 Å². The molecule has 19 nitrogen and oxygen atoms in total. The van der Waals surface area contributed by atoms with Crippen molar-refractivity contribution in [1.82, 2.24) is 9.97 Å². The van der Waals surface area contributed by atoms with Gasteiger partial charge in [0.25, 0.3) is 0 Å². The summed E-state index contributed by atoms with van der Waals surface area (Å²) in [4.78, 5) is 51.9. The Morgan fingerprint density at radius 2 is 1.34 bits per heavy atom. The first kappa shape index (κ1) is 53.8. The minimum absolute atomic E-state index is 0. The van der Waals surface area contributed by atoms with Gasteiger partial charge in [-0.3, -0.25) is 40.0 Å². The number of methoxy groups -OCH3 is 1. The fraction of sp³-hybridized carbons (Fsp3) is 0.267. The van der Waals surface area contributed by atoms with Crippen LogP contribution in [0.1, 0.15) is 59.1 Å². The Morgan fingerprint density at radius 1 is 0.824 bits per heavy atom. The van der Waals surface area contributed by atoms with E-state index in [4.69, 9.17) is 16.3 Å². The molecule has 0 saturated carbocycles. The van der Waals surface area contributed by atoms with Gasteiger partial charge < -0.3 is 40.0 Å². The molecule has 3 heterocycles. The number of anilines is 1. The van der Waals surface area contributed by atoms with Crippen LogP contribution >= 0.6 is 34.3 Å². The second-order valence-corrected chi connectivity index (χ2v) is 17.2. The van der Waals surface area contributed by atoms with Crippen molar-refractivity contribution in [1.29, 1.82) is 0 Å². The van der Waals surface area contributed by atoms with Crippen LogP contribution in [0.3, 0.4) is 0 Å². The number of hydrogen-bond donors (Lipinski definition) is 2. The molecule has 0 spiro atoms. The van der Waals surface area contributed by atoms with E-state index in [1.165, 1.54) is 34.8 Å². The van der Waals surface area contributed by atoms with E-state index in [2.05, 4.69) is 117 Å². The number of nitro groups is 2. The van der Waals surface area contributed by atoms with Crippen molar-refractivity contribution in [3.05, 3.63) is 148 Å². The van der Waals surface area contributed by atoms with Crippen molar-refractivity contribution in [3.63, 3.8) is 0 Å². The summed E-state index contributed by atoms with van der Waals surface area (Å²) < 4.78 is 7.99. The number of carbonyl (C=O) groups excluding carboxylic acids is 2. The maximum Gasteiger partial charge on any atom is 0.319 e. The van der Waals surface area contributed by atoms with E-state index in [0.29, 0.717) is 11.1 Å². The Balaban J connectivity index is 0.000000229. The summed E-state index contributed by atoms with van der Waals surface area (Å²) in [6.07, 6.45) is 12.2. The van der Waals surface area contributed by atoms with Gasteiger partial charge in [0, 0.05) is 104 Å². The van der Waals surface area contributed by atoms with E-state index in [1.807, 2.05) is 6.07 Å². The van der Waals surface area contributed by atoms with Crippen molar-refractivity contribution >= 4 is 90.4 Å². The van der Waals surface area contributed by atoms with Crippen LogP contribution in [-0.4, -0.2) is 80.6 Å². The number of allylic oxidation sites excluding steroid dienone is 7. The largest absolute Gasteiger partial charge is 0.506 e. The molecule has 0 fully saturated rings. The topological polar surface area (TPSA) is 254 Å². The second-order valence-electron chi connectivity index (χ2n) is 14.8. The first-order chi connectivity index (χ1) is 31.8. The molecular weight excluding hydrogens is 983 g/mol. The maximum absolute atomic E-state index is 11.1. The zero-order chi connectivity index (χ0) is 49.2. The first-order valence-corrected chi connectivity index (χ1v) is 22.4. The van der Waals surface area contributed by atoms with Crippen LogP contribution in [0.15, 0.2) is 122 Å². The number of aliphatic hydroxyl groups excluding tert-OH is 2. The number of halogens is 1. The normalized spacial score (nSPS) is 18.2. The minimum atomic E-state index is -0.578. The Kier molecular flexibility index (Phi) is 18.8. The van der Waals surface area contributed by atoms with Crippen LogP contribution in [0, 0.1) is 20.2 Å². The van der Waals surface area contributed by atoms with Crippen molar-refractivity contribution < 1.29 is 55.7 Å². The molecule has 23 heteroatoms. The number of fused-ring (bicyclic) bond motifs is 1. The standard InChI is InChI=1S/C25H32ClN2O.2C10H8N4O4S.Co/c1-7-25(4)21-16-19(26)12-14-22(21)27(5)24(25)15-11-18-10-13-20(17-23(18)29-6)28(8-2)9-3;2*1-5-2-6(15)3-7(16)9(5)12-13-10-11-4-8(19-10)14(17)18;/h10-17H,7-9H2,1-6H3;2*2-4H,1H3,(H2,11,13,15,16);/q+1;;;/p-2. The number of aromatic nitrogens is 2. The van der Waals surface area contributed by atoms with Crippen LogP contribution in [0.2, 0.25) is 5.02 Å². The quantitative estimate of drug-likeness (QED) is 0.0628. The molecule has 1 aliphatic heterocycles. The summed E-state index contributed by atoms with van der Waals surface area (Å²) >= 11 is 7.84. The molecule has 1 unspecified atom stereocenters. The van der Waals surface area contributed by atoms with Gasteiger partial charge in [0.2, 0.25) is 5.69 Å². The van der Waals surface area contributed by atoms with Crippen molar-refractivity contribution in [2.24, 2.45) is 20.4 Å². The Morgan fingerprint density at radius 3 is 1.76 bits per heavy atom. The molecule has 359 valence electrons. The van der Waals surface area contributed by atoms with Crippen molar-refractivity contribution in [3.8, 4) is 5.75 Å². The van der Waals surface area contributed by atoms with Gasteiger partial charge >= 0.3 is 10.0 Å². The third kappa shape index (κ3) is 12.8. The molecule has 2 aliphatic carbocycles. The summed E-state index contributed by atoms with van der Waals surface area (Å²) in [5.74, 6) is -0.358. The van der Waals surface area contributed by atoms with Crippen LogP contribution in [0.5, 0.6) is 5.75 Å². The molecule has 0 amide bonds. The SMILES string of the molecule is CC1=CC(=O)C=C(O)C1=NN=c1[n-]cc([N+](=O)[O-])s1.CC1=CC(=O)C=C(O)C1=NN=c1[n-]cc([N+](=O)[O-])s1.CCN(CC)c1ccc(/C=C/C2=[N+](C)c3ccc(Cl)cc3C2(C)CC)c(OC)c1.[Co]. The van der Waals surface area contributed by atoms with Crippen LogP contribution in [-0.2, 0) is 31.8 Å². The molecule has 4 aromatic rings. The molecule has 2 aromatic heterocycles. The zero-order valence-electron chi connectivity index (χ0n) is 38.0. The van der Waals surface area contributed by atoms with E-state index >= 15 is 0 Å². The average Bonchev–Trinajstić information content (AvgIpc) is 4.01. The number of thiazole rings is 2. The number of carbonyl (C=O) groups is 2. The molecule has 1 atom stereocenters. The van der Waals surface area contributed by atoms with Crippen LogP contribution < -0.4 is 29.2 Å². The smallest absolute Gasteiger partial charge is 0.319 e. The minimum Gasteiger partial charge on any atom is -0.506 e. The number of nitrogens with zero attached hydrogens (tertiary/aromatic N) is 10. The number of ether oxygens (including phenoxy) is 1. The van der Waals surface area contributed by atoms with Crippen molar-refractivity contribution in [2.45, 2.75) is 53.4 Å². The van der Waals surface area contributed by atoms with Gasteiger partial charge in [-0.25, -0.2) is 0 Å².